The maximum atomic E-state index is 12.9. The van der Waals surface area contributed by atoms with E-state index in [-0.39, 0.29) is 18.4 Å². The van der Waals surface area contributed by atoms with Crippen LogP contribution >= 0.6 is 11.3 Å². The van der Waals surface area contributed by atoms with E-state index in [0.717, 1.165) is 52.2 Å². The molecule has 4 heterocycles. The molecule has 4 rings (SSSR count). The lowest BCUT2D eigenvalue weighted by Gasteiger charge is -2.29. The van der Waals surface area contributed by atoms with Crippen LogP contribution in [0.25, 0.3) is 0 Å². The van der Waals surface area contributed by atoms with Crippen LogP contribution in [0.3, 0.4) is 0 Å². The molecule has 0 unspecified atom stereocenters. The number of aromatic nitrogens is 2. The van der Waals surface area contributed by atoms with Crippen molar-refractivity contribution in [1.29, 1.82) is 0 Å². The SMILES string of the molecule is CCc1cc(N2CCc3c(sc4c3C(=O)N(C)CC(=O)N4C)C2)nc(C)n1. The van der Waals surface area contributed by atoms with Gasteiger partial charge in [0.05, 0.1) is 12.1 Å². The Morgan fingerprint density at radius 1 is 1.19 bits per heavy atom. The highest BCUT2D eigenvalue weighted by molar-refractivity contribution is 7.17. The summed E-state index contributed by atoms with van der Waals surface area (Å²) in [6.45, 7) is 5.62. The first-order chi connectivity index (χ1) is 12.9. The first kappa shape index (κ1) is 17.9. The van der Waals surface area contributed by atoms with Crippen LogP contribution in [0.4, 0.5) is 10.8 Å². The Bertz CT molecular complexity index is 938. The molecule has 2 amide bonds. The number of rotatable bonds is 2. The molecule has 2 aliphatic rings. The number of anilines is 2. The zero-order valence-corrected chi connectivity index (χ0v) is 16.9. The van der Waals surface area contributed by atoms with Crippen LogP contribution in [0.15, 0.2) is 6.07 Å². The fraction of sp³-hybridized carbons (Fsp3) is 0.474. The van der Waals surface area contributed by atoms with E-state index >= 15 is 0 Å². The molecule has 0 N–H and O–H groups in total. The Morgan fingerprint density at radius 2 is 1.96 bits per heavy atom. The second-order valence-electron chi connectivity index (χ2n) is 7.09. The molecule has 142 valence electrons. The Labute approximate surface area is 162 Å². The first-order valence-electron chi connectivity index (χ1n) is 9.15. The molecule has 0 atom stereocenters. The topological polar surface area (TPSA) is 69.6 Å². The van der Waals surface area contributed by atoms with Gasteiger partial charge in [0.1, 0.15) is 23.2 Å². The third-order valence-corrected chi connectivity index (χ3v) is 6.51. The fourth-order valence-corrected chi connectivity index (χ4v) is 5.01. The van der Waals surface area contributed by atoms with E-state index in [1.54, 1.807) is 30.3 Å². The van der Waals surface area contributed by atoms with Crippen LogP contribution in [0, 0.1) is 6.92 Å². The molecule has 0 saturated carbocycles. The maximum Gasteiger partial charge on any atom is 0.257 e. The number of nitrogens with zero attached hydrogens (tertiary/aromatic N) is 5. The summed E-state index contributed by atoms with van der Waals surface area (Å²) in [4.78, 5) is 40.8. The number of hydrogen-bond donors (Lipinski definition) is 0. The standard InChI is InChI=1S/C19H23N5O2S/c1-5-12-8-15(21-11(2)20-12)24-7-6-13-14(9-24)27-19-17(13)18(26)22(3)10-16(25)23(19)4/h8H,5-7,9-10H2,1-4H3. The van der Waals surface area contributed by atoms with Crippen molar-refractivity contribution in [3.05, 3.63) is 33.6 Å². The maximum absolute atomic E-state index is 12.9. The van der Waals surface area contributed by atoms with E-state index in [1.165, 1.54) is 4.90 Å². The summed E-state index contributed by atoms with van der Waals surface area (Å²) in [6.07, 6.45) is 1.64. The van der Waals surface area contributed by atoms with Crippen LogP contribution < -0.4 is 9.80 Å². The number of hydrogen-bond acceptors (Lipinski definition) is 6. The van der Waals surface area contributed by atoms with Gasteiger partial charge in [-0.15, -0.1) is 11.3 Å². The normalized spacial score (nSPS) is 17.1. The predicted molar refractivity (Wildman–Crippen MR) is 106 cm³/mol. The van der Waals surface area contributed by atoms with Gasteiger partial charge in [-0.2, -0.15) is 0 Å². The first-order valence-corrected chi connectivity index (χ1v) is 9.96. The number of carbonyl (C=O) groups is 2. The summed E-state index contributed by atoms with van der Waals surface area (Å²) in [5.74, 6) is 1.60. The molecule has 0 bridgehead atoms. The van der Waals surface area contributed by atoms with Crippen LogP contribution in [0.5, 0.6) is 0 Å². The van der Waals surface area contributed by atoms with Crippen LogP contribution in [0.2, 0.25) is 0 Å². The van der Waals surface area contributed by atoms with Crippen LogP contribution in [-0.2, 0) is 24.2 Å². The monoisotopic (exact) mass is 385 g/mol. The number of fused-ring (bicyclic) bond motifs is 3. The summed E-state index contributed by atoms with van der Waals surface area (Å²) >= 11 is 1.55. The molecule has 0 aromatic carbocycles. The molecule has 0 saturated heterocycles. The van der Waals surface area contributed by atoms with E-state index in [9.17, 15) is 9.59 Å². The van der Waals surface area contributed by atoms with Gasteiger partial charge in [0.2, 0.25) is 5.91 Å². The van der Waals surface area contributed by atoms with Crippen molar-refractivity contribution in [2.45, 2.75) is 33.2 Å². The van der Waals surface area contributed by atoms with Crippen molar-refractivity contribution in [1.82, 2.24) is 14.9 Å². The Hall–Kier alpha value is -2.48. The Balaban J connectivity index is 1.72. The van der Waals surface area contributed by atoms with E-state index in [1.807, 2.05) is 13.0 Å². The van der Waals surface area contributed by atoms with Crippen molar-refractivity contribution in [3.8, 4) is 0 Å². The van der Waals surface area contributed by atoms with E-state index < -0.39 is 0 Å². The Kier molecular flexibility index (Phi) is 4.38. The lowest BCUT2D eigenvalue weighted by Crippen LogP contribution is -2.36. The third-order valence-electron chi connectivity index (χ3n) is 5.21. The Morgan fingerprint density at radius 3 is 2.70 bits per heavy atom. The van der Waals surface area contributed by atoms with Gasteiger partial charge < -0.3 is 14.7 Å². The van der Waals surface area contributed by atoms with Gasteiger partial charge in [0.15, 0.2) is 0 Å². The van der Waals surface area contributed by atoms with Gasteiger partial charge in [0, 0.05) is 37.3 Å². The average molecular weight is 385 g/mol. The van der Waals surface area contributed by atoms with Crippen molar-refractivity contribution in [2.24, 2.45) is 0 Å². The summed E-state index contributed by atoms with van der Waals surface area (Å²) in [5.41, 5.74) is 2.83. The molecule has 2 aliphatic heterocycles. The van der Waals surface area contributed by atoms with Gasteiger partial charge >= 0.3 is 0 Å². The van der Waals surface area contributed by atoms with Crippen molar-refractivity contribution in [3.63, 3.8) is 0 Å². The molecule has 7 nitrogen and oxygen atoms in total. The molecule has 8 heteroatoms. The molecule has 0 spiro atoms. The smallest absolute Gasteiger partial charge is 0.257 e. The fourth-order valence-electron chi connectivity index (χ4n) is 3.68. The van der Waals surface area contributed by atoms with Crippen molar-refractivity contribution in [2.75, 3.05) is 37.0 Å². The largest absolute Gasteiger partial charge is 0.351 e. The summed E-state index contributed by atoms with van der Waals surface area (Å²) in [7, 11) is 3.45. The minimum atomic E-state index is -0.0564. The zero-order chi connectivity index (χ0) is 19.3. The highest BCUT2D eigenvalue weighted by atomic mass is 32.1. The molecular formula is C19H23N5O2S. The molecule has 0 radical (unpaired) electrons. The number of carbonyl (C=O) groups excluding carboxylic acids is 2. The summed E-state index contributed by atoms with van der Waals surface area (Å²) < 4.78 is 0. The molecule has 0 aliphatic carbocycles. The van der Waals surface area contributed by atoms with Gasteiger partial charge in [-0.3, -0.25) is 9.59 Å². The molecule has 2 aromatic rings. The van der Waals surface area contributed by atoms with Gasteiger partial charge in [-0.1, -0.05) is 6.92 Å². The lowest BCUT2D eigenvalue weighted by atomic mass is 10.0. The van der Waals surface area contributed by atoms with Gasteiger partial charge in [-0.05, 0) is 25.3 Å². The lowest BCUT2D eigenvalue weighted by molar-refractivity contribution is -0.118. The molecule has 27 heavy (non-hydrogen) atoms. The van der Waals surface area contributed by atoms with Gasteiger partial charge in [-0.25, -0.2) is 9.97 Å². The van der Waals surface area contributed by atoms with E-state index in [4.69, 9.17) is 0 Å². The van der Waals surface area contributed by atoms with Gasteiger partial charge in [0.25, 0.3) is 5.91 Å². The van der Waals surface area contributed by atoms with E-state index in [2.05, 4.69) is 21.8 Å². The predicted octanol–water partition coefficient (Wildman–Crippen LogP) is 2.02. The average Bonchev–Trinajstić information content (AvgIpc) is 3.01. The molecule has 0 fully saturated rings. The quantitative estimate of drug-likeness (QED) is 0.791. The second-order valence-corrected chi connectivity index (χ2v) is 8.17. The molecule has 2 aromatic heterocycles. The van der Waals surface area contributed by atoms with Crippen molar-refractivity contribution >= 4 is 34.0 Å². The number of amides is 2. The second kappa shape index (κ2) is 6.60. The minimum Gasteiger partial charge on any atom is -0.351 e. The minimum absolute atomic E-state index is 0.0557. The molecular weight excluding hydrogens is 362 g/mol. The summed E-state index contributed by atoms with van der Waals surface area (Å²) in [6, 6.07) is 2.05. The third kappa shape index (κ3) is 2.97. The summed E-state index contributed by atoms with van der Waals surface area (Å²) in [5, 5.41) is 0.773. The van der Waals surface area contributed by atoms with E-state index in [0.29, 0.717) is 12.1 Å². The number of thiophene rings is 1. The van der Waals surface area contributed by atoms with Crippen molar-refractivity contribution < 1.29 is 9.59 Å². The van der Waals surface area contributed by atoms with Crippen LogP contribution in [-0.4, -0.2) is 53.9 Å². The highest BCUT2D eigenvalue weighted by Crippen LogP contribution is 2.41. The number of aryl methyl sites for hydroxylation is 2. The zero-order valence-electron chi connectivity index (χ0n) is 16.1. The number of likely N-dealkylation sites (N-methyl/N-ethyl adjacent to an activating group) is 2. The highest BCUT2D eigenvalue weighted by Gasteiger charge is 2.35. The van der Waals surface area contributed by atoms with Crippen LogP contribution in [0.1, 0.15) is 39.2 Å².